The molecule has 0 saturated heterocycles. The molecule has 0 aliphatic heterocycles. The predicted octanol–water partition coefficient (Wildman–Crippen LogP) is 5.05. The van der Waals surface area contributed by atoms with E-state index in [4.69, 9.17) is 16.3 Å². The second-order valence-electron chi connectivity index (χ2n) is 7.42. The summed E-state index contributed by atoms with van der Waals surface area (Å²) in [6.45, 7) is 2.54. The topological polar surface area (TPSA) is 69.0 Å². The molecule has 30 heavy (non-hydrogen) atoms. The van der Waals surface area contributed by atoms with Crippen LogP contribution in [-0.2, 0) is 0 Å². The Bertz CT molecular complexity index is 1010. The fraction of sp³-hybridized carbons (Fsp3) is 0.348. The van der Waals surface area contributed by atoms with Crippen LogP contribution < -0.4 is 10.1 Å². The first-order valence-electron chi connectivity index (χ1n) is 10.4. The lowest BCUT2D eigenvalue weighted by atomic mass is 9.95. The van der Waals surface area contributed by atoms with Gasteiger partial charge in [0, 0.05) is 16.6 Å². The van der Waals surface area contributed by atoms with Crippen LogP contribution in [0.1, 0.15) is 49.6 Å². The molecule has 1 aliphatic rings. The van der Waals surface area contributed by atoms with Gasteiger partial charge in [-0.3, -0.25) is 4.79 Å². The van der Waals surface area contributed by atoms with E-state index in [1.54, 1.807) is 10.7 Å². The number of ether oxygens (including phenoxy) is 1. The van der Waals surface area contributed by atoms with Gasteiger partial charge in [-0.25, -0.2) is 9.67 Å². The number of halogens is 1. The van der Waals surface area contributed by atoms with E-state index in [1.165, 1.54) is 6.42 Å². The van der Waals surface area contributed by atoms with Gasteiger partial charge in [0.1, 0.15) is 5.75 Å². The Morgan fingerprint density at radius 3 is 2.63 bits per heavy atom. The lowest BCUT2D eigenvalue weighted by Gasteiger charge is -2.21. The van der Waals surface area contributed by atoms with Crippen molar-refractivity contribution < 1.29 is 9.53 Å². The number of hydrogen-bond acceptors (Lipinski definition) is 4. The third-order valence-electron chi connectivity index (χ3n) is 5.23. The van der Waals surface area contributed by atoms with Crippen molar-refractivity contribution in [2.45, 2.75) is 45.1 Å². The molecule has 3 aromatic rings. The van der Waals surface area contributed by atoms with Crippen LogP contribution in [0, 0.1) is 0 Å². The molecule has 1 aromatic heterocycles. The Balaban J connectivity index is 1.68. The Labute approximate surface area is 181 Å². The highest BCUT2D eigenvalue weighted by Gasteiger charge is 2.22. The summed E-state index contributed by atoms with van der Waals surface area (Å²) in [5.74, 6) is 1.26. The first-order chi connectivity index (χ1) is 14.6. The summed E-state index contributed by atoms with van der Waals surface area (Å²) in [6, 6.07) is 15.1. The van der Waals surface area contributed by atoms with Crippen LogP contribution in [0.25, 0.3) is 17.1 Å². The molecule has 7 heteroatoms. The van der Waals surface area contributed by atoms with Crippen LogP contribution in [0.5, 0.6) is 5.75 Å². The maximum absolute atomic E-state index is 12.9. The number of nitrogens with zero attached hydrogens (tertiary/aromatic N) is 3. The number of amides is 1. The van der Waals surface area contributed by atoms with Gasteiger partial charge in [-0.15, -0.1) is 5.10 Å². The van der Waals surface area contributed by atoms with Gasteiger partial charge >= 0.3 is 0 Å². The second kappa shape index (κ2) is 9.30. The van der Waals surface area contributed by atoms with Gasteiger partial charge in [0.15, 0.2) is 5.82 Å². The Kier molecular flexibility index (Phi) is 6.33. The molecule has 2 aromatic carbocycles. The molecule has 1 fully saturated rings. The van der Waals surface area contributed by atoms with Gasteiger partial charge in [-0.1, -0.05) is 43.0 Å². The first kappa shape index (κ1) is 20.4. The zero-order valence-corrected chi connectivity index (χ0v) is 17.7. The lowest BCUT2D eigenvalue weighted by Crippen LogP contribution is -2.36. The molecule has 0 radical (unpaired) electrons. The van der Waals surface area contributed by atoms with Crippen molar-refractivity contribution in [3.05, 3.63) is 59.4 Å². The smallest absolute Gasteiger partial charge is 0.291 e. The monoisotopic (exact) mass is 424 g/mol. The molecule has 4 rings (SSSR count). The maximum Gasteiger partial charge on any atom is 0.291 e. The van der Waals surface area contributed by atoms with E-state index >= 15 is 0 Å². The fourth-order valence-electron chi connectivity index (χ4n) is 3.75. The van der Waals surface area contributed by atoms with Crippen LogP contribution in [-0.4, -0.2) is 33.3 Å². The van der Waals surface area contributed by atoms with Crippen molar-refractivity contribution in [3.8, 4) is 22.8 Å². The summed E-state index contributed by atoms with van der Waals surface area (Å²) >= 11 is 6.19. The van der Waals surface area contributed by atoms with E-state index in [-0.39, 0.29) is 17.8 Å². The summed E-state index contributed by atoms with van der Waals surface area (Å²) in [5.41, 5.74) is 1.58. The quantitative estimate of drug-likeness (QED) is 0.601. The summed E-state index contributed by atoms with van der Waals surface area (Å²) in [6.07, 6.45) is 5.54. The van der Waals surface area contributed by atoms with Crippen LogP contribution in [0.2, 0.25) is 5.02 Å². The van der Waals surface area contributed by atoms with E-state index in [9.17, 15) is 4.79 Å². The minimum absolute atomic E-state index is 0.157. The SMILES string of the molecule is CCOc1ccc(-n2nc(C(=O)NC3CCCCC3)nc2-c2cccc(Cl)c2)cc1. The number of carbonyl (C=O) groups is 1. The molecule has 1 amide bonds. The molecule has 0 unspecified atom stereocenters. The lowest BCUT2D eigenvalue weighted by molar-refractivity contribution is 0.0917. The molecule has 1 aliphatic carbocycles. The zero-order valence-electron chi connectivity index (χ0n) is 17.0. The average Bonchev–Trinajstić information content (AvgIpc) is 3.21. The largest absolute Gasteiger partial charge is 0.494 e. The molecule has 156 valence electrons. The van der Waals surface area contributed by atoms with E-state index in [1.807, 2.05) is 49.4 Å². The van der Waals surface area contributed by atoms with Crippen LogP contribution in [0.3, 0.4) is 0 Å². The molecule has 0 atom stereocenters. The second-order valence-corrected chi connectivity index (χ2v) is 7.85. The highest BCUT2D eigenvalue weighted by Crippen LogP contribution is 2.25. The van der Waals surface area contributed by atoms with Gasteiger partial charge in [0.25, 0.3) is 5.91 Å². The minimum atomic E-state index is -0.241. The van der Waals surface area contributed by atoms with E-state index in [0.717, 1.165) is 42.7 Å². The van der Waals surface area contributed by atoms with Gasteiger partial charge in [0.2, 0.25) is 5.82 Å². The van der Waals surface area contributed by atoms with Crippen molar-refractivity contribution in [2.24, 2.45) is 0 Å². The molecular formula is C23H25ClN4O2. The highest BCUT2D eigenvalue weighted by molar-refractivity contribution is 6.30. The third kappa shape index (κ3) is 4.65. The van der Waals surface area contributed by atoms with Crippen molar-refractivity contribution in [2.75, 3.05) is 6.61 Å². The number of nitrogens with one attached hydrogen (secondary N) is 1. The van der Waals surface area contributed by atoms with Gasteiger partial charge in [0.05, 0.1) is 12.3 Å². The number of hydrogen-bond donors (Lipinski definition) is 1. The zero-order chi connectivity index (χ0) is 20.9. The molecule has 0 bridgehead atoms. The molecule has 6 nitrogen and oxygen atoms in total. The molecule has 0 spiro atoms. The van der Waals surface area contributed by atoms with Gasteiger partial charge in [-0.05, 0) is 56.2 Å². The van der Waals surface area contributed by atoms with Crippen LogP contribution >= 0.6 is 11.6 Å². The molecule has 1 saturated carbocycles. The van der Waals surface area contributed by atoms with Gasteiger partial charge in [-0.2, -0.15) is 0 Å². The van der Waals surface area contributed by atoms with Crippen molar-refractivity contribution in [3.63, 3.8) is 0 Å². The molecular weight excluding hydrogens is 400 g/mol. The third-order valence-corrected chi connectivity index (χ3v) is 5.46. The standard InChI is InChI=1S/C23H25ClN4O2/c1-2-30-20-13-11-19(12-14-20)28-22(16-7-6-8-17(24)15-16)26-21(27-28)23(29)25-18-9-4-3-5-10-18/h6-8,11-15,18H,2-5,9-10H2,1H3,(H,25,29). The first-order valence-corrected chi connectivity index (χ1v) is 10.8. The summed E-state index contributed by atoms with van der Waals surface area (Å²) in [5, 5.41) is 8.23. The number of aromatic nitrogens is 3. The Hall–Kier alpha value is -2.86. The Morgan fingerprint density at radius 2 is 1.93 bits per heavy atom. The minimum Gasteiger partial charge on any atom is -0.494 e. The van der Waals surface area contributed by atoms with Gasteiger partial charge < -0.3 is 10.1 Å². The summed E-state index contributed by atoms with van der Waals surface area (Å²) in [7, 11) is 0. The number of rotatable bonds is 6. The van der Waals surface area contributed by atoms with Crippen molar-refractivity contribution >= 4 is 17.5 Å². The Morgan fingerprint density at radius 1 is 1.17 bits per heavy atom. The van der Waals surface area contributed by atoms with E-state index in [2.05, 4.69) is 15.4 Å². The average molecular weight is 425 g/mol. The summed E-state index contributed by atoms with van der Waals surface area (Å²) in [4.78, 5) is 17.4. The fourth-order valence-corrected chi connectivity index (χ4v) is 3.94. The molecule has 1 heterocycles. The van der Waals surface area contributed by atoms with Crippen LogP contribution in [0.15, 0.2) is 48.5 Å². The van der Waals surface area contributed by atoms with Crippen molar-refractivity contribution in [1.29, 1.82) is 0 Å². The number of carbonyl (C=O) groups excluding carboxylic acids is 1. The summed E-state index contributed by atoms with van der Waals surface area (Å²) < 4.78 is 7.21. The number of benzene rings is 2. The predicted molar refractivity (Wildman–Crippen MR) is 117 cm³/mol. The maximum atomic E-state index is 12.9. The van der Waals surface area contributed by atoms with Crippen LogP contribution in [0.4, 0.5) is 0 Å². The highest BCUT2D eigenvalue weighted by atomic mass is 35.5. The van der Waals surface area contributed by atoms with E-state index in [0.29, 0.717) is 17.5 Å². The normalized spacial score (nSPS) is 14.5. The van der Waals surface area contributed by atoms with Crippen molar-refractivity contribution in [1.82, 2.24) is 20.1 Å². The molecule has 1 N–H and O–H groups in total. The van der Waals surface area contributed by atoms with E-state index < -0.39 is 0 Å².